The fourth-order valence-electron chi connectivity index (χ4n) is 1.95. The number of nitrogens with zero attached hydrogens (tertiary/aromatic N) is 1. The largest absolute Gasteiger partial charge is 0.495 e. The molecule has 2 aromatic carbocycles. The maximum absolute atomic E-state index is 12.3. The summed E-state index contributed by atoms with van der Waals surface area (Å²) < 4.78 is 10.6. The van der Waals surface area contributed by atoms with Gasteiger partial charge in [-0.3, -0.25) is 14.9 Å². The summed E-state index contributed by atoms with van der Waals surface area (Å²) in [5.41, 5.74) is 0.000410. The number of anilines is 1. The molecular weight excluding hydrogens is 371 g/mol. The van der Waals surface area contributed by atoms with Gasteiger partial charge in [-0.25, -0.2) is 0 Å². The van der Waals surface area contributed by atoms with Gasteiger partial charge in [-0.05, 0) is 25.1 Å². The van der Waals surface area contributed by atoms with Crippen LogP contribution in [0.3, 0.4) is 0 Å². The molecule has 2 aromatic rings. The zero-order valence-corrected chi connectivity index (χ0v) is 14.8. The number of non-ortho nitro benzene ring substituents is 1. The van der Waals surface area contributed by atoms with Gasteiger partial charge in [0.2, 0.25) is 0 Å². The number of carbonyl (C=O) groups is 1. The maximum Gasteiger partial charge on any atom is 0.271 e. The van der Waals surface area contributed by atoms with Crippen LogP contribution in [0.1, 0.15) is 6.92 Å². The van der Waals surface area contributed by atoms with E-state index < -0.39 is 16.9 Å². The Bertz CT molecular complexity index is 813. The number of carbonyl (C=O) groups excluding carboxylic acids is 1. The highest BCUT2D eigenvalue weighted by Gasteiger charge is 2.19. The Balaban J connectivity index is 2.13. The van der Waals surface area contributed by atoms with Gasteiger partial charge in [0.15, 0.2) is 6.10 Å². The van der Waals surface area contributed by atoms with Crippen molar-refractivity contribution in [3.05, 3.63) is 56.6 Å². The number of hydrogen-bond donors (Lipinski definition) is 1. The normalized spacial score (nSPS) is 11.5. The van der Waals surface area contributed by atoms with Crippen molar-refractivity contribution in [3.8, 4) is 11.5 Å². The fraction of sp³-hybridized carbons (Fsp3) is 0.188. The van der Waals surface area contributed by atoms with Gasteiger partial charge in [-0.1, -0.05) is 23.2 Å². The lowest BCUT2D eigenvalue weighted by atomic mass is 10.2. The maximum atomic E-state index is 12.3. The second kappa shape index (κ2) is 8.04. The molecule has 25 heavy (non-hydrogen) atoms. The third kappa shape index (κ3) is 4.74. The lowest BCUT2D eigenvalue weighted by Gasteiger charge is -2.16. The van der Waals surface area contributed by atoms with E-state index in [4.69, 9.17) is 32.7 Å². The summed E-state index contributed by atoms with van der Waals surface area (Å²) in [6.07, 6.45) is -0.888. The Labute approximate surface area is 153 Å². The van der Waals surface area contributed by atoms with E-state index in [1.165, 1.54) is 38.3 Å². The van der Waals surface area contributed by atoms with Crippen LogP contribution in [0.5, 0.6) is 11.5 Å². The van der Waals surface area contributed by atoms with Gasteiger partial charge in [0.25, 0.3) is 11.6 Å². The summed E-state index contributed by atoms with van der Waals surface area (Å²) in [5.74, 6) is 0.147. The van der Waals surface area contributed by atoms with E-state index in [0.717, 1.165) is 0 Å². The predicted molar refractivity (Wildman–Crippen MR) is 94.8 cm³/mol. The minimum Gasteiger partial charge on any atom is -0.495 e. The molecule has 0 spiro atoms. The first-order chi connectivity index (χ1) is 11.8. The van der Waals surface area contributed by atoms with Crippen LogP contribution in [0.4, 0.5) is 11.4 Å². The van der Waals surface area contributed by atoms with Crippen LogP contribution < -0.4 is 14.8 Å². The van der Waals surface area contributed by atoms with Crippen molar-refractivity contribution in [3.63, 3.8) is 0 Å². The van der Waals surface area contributed by atoms with Crippen LogP contribution in [-0.4, -0.2) is 24.0 Å². The Kier molecular flexibility index (Phi) is 6.06. The molecule has 0 aliphatic rings. The molecule has 0 aliphatic carbocycles. The topological polar surface area (TPSA) is 90.7 Å². The number of nitro groups is 1. The van der Waals surface area contributed by atoms with Gasteiger partial charge in [0.05, 0.1) is 27.8 Å². The number of halogens is 2. The summed E-state index contributed by atoms with van der Waals surface area (Å²) in [5, 5.41) is 14.1. The summed E-state index contributed by atoms with van der Waals surface area (Å²) in [6.45, 7) is 1.53. The molecule has 9 heteroatoms. The molecule has 7 nitrogen and oxygen atoms in total. The second-order valence-electron chi connectivity index (χ2n) is 4.97. The van der Waals surface area contributed by atoms with Crippen LogP contribution >= 0.6 is 23.2 Å². The number of rotatable bonds is 6. The Morgan fingerprint density at radius 3 is 2.52 bits per heavy atom. The molecule has 132 valence electrons. The molecule has 0 aliphatic heterocycles. The zero-order valence-electron chi connectivity index (χ0n) is 13.3. The molecule has 0 radical (unpaired) electrons. The third-order valence-corrected chi connectivity index (χ3v) is 3.96. The van der Waals surface area contributed by atoms with Gasteiger partial charge in [-0.2, -0.15) is 0 Å². The van der Waals surface area contributed by atoms with Crippen molar-refractivity contribution >= 4 is 40.5 Å². The first-order valence-electron chi connectivity index (χ1n) is 7.07. The number of nitrogens with one attached hydrogen (secondary N) is 1. The summed E-state index contributed by atoms with van der Waals surface area (Å²) >= 11 is 11.7. The third-order valence-electron chi connectivity index (χ3n) is 3.22. The van der Waals surface area contributed by atoms with E-state index in [1.54, 1.807) is 12.1 Å². The molecule has 0 heterocycles. The van der Waals surface area contributed by atoms with Crippen molar-refractivity contribution in [1.82, 2.24) is 0 Å². The molecule has 0 fully saturated rings. The van der Waals surface area contributed by atoms with Crippen molar-refractivity contribution in [2.75, 3.05) is 12.4 Å². The Morgan fingerprint density at radius 1 is 1.20 bits per heavy atom. The van der Waals surface area contributed by atoms with Crippen molar-refractivity contribution in [2.45, 2.75) is 13.0 Å². The fourth-order valence-corrected chi connectivity index (χ4v) is 2.24. The number of amides is 1. The van der Waals surface area contributed by atoms with E-state index in [2.05, 4.69) is 5.32 Å². The lowest BCUT2D eigenvalue weighted by Crippen LogP contribution is -2.30. The van der Waals surface area contributed by atoms with Crippen LogP contribution in [0.15, 0.2) is 36.4 Å². The monoisotopic (exact) mass is 384 g/mol. The van der Waals surface area contributed by atoms with Crippen LogP contribution in [0.2, 0.25) is 10.0 Å². The van der Waals surface area contributed by atoms with E-state index in [1.807, 2.05) is 0 Å². The molecule has 0 aromatic heterocycles. The molecular formula is C16H14Cl2N2O5. The number of nitro benzene ring substituents is 1. The van der Waals surface area contributed by atoms with Crippen LogP contribution in [0.25, 0.3) is 0 Å². The van der Waals surface area contributed by atoms with E-state index in [0.29, 0.717) is 21.5 Å². The summed E-state index contributed by atoms with van der Waals surface area (Å²) in [6, 6.07) is 8.51. The molecule has 1 N–H and O–H groups in total. The van der Waals surface area contributed by atoms with E-state index in [-0.39, 0.29) is 11.4 Å². The predicted octanol–water partition coefficient (Wildman–Crippen LogP) is 4.32. The molecule has 0 saturated heterocycles. The smallest absolute Gasteiger partial charge is 0.271 e. The second-order valence-corrected chi connectivity index (χ2v) is 5.78. The van der Waals surface area contributed by atoms with E-state index in [9.17, 15) is 14.9 Å². The number of ether oxygens (including phenoxy) is 2. The highest BCUT2D eigenvalue weighted by atomic mass is 35.5. The molecule has 0 bridgehead atoms. The molecule has 1 atom stereocenters. The first-order valence-corrected chi connectivity index (χ1v) is 7.82. The number of hydrogen-bond acceptors (Lipinski definition) is 5. The van der Waals surface area contributed by atoms with Crippen molar-refractivity contribution in [1.29, 1.82) is 0 Å². The van der Waals surface area contributed by atoms with Crippen LogP contribution in [0, 0.1) is 10.1 Å². The number of benzene rings is 2. The zero-order chi connectivity index (χ0) is 18.6. The lowest BCUT2D eigenvalue weighted by molar-refractivity contribution is -0.384. The van der Waals surface area contributed by atoms with Crippen molar-refractivity contribution in [2.24, 2.45) is 0 Å². The SMILES string of the molecule is COc1ccc([N+](=O)[O-])cc1NC(=O)[C@@H](C)Oc1ccc(Cl)c(Cl)c1. The van der Waals surface area contributed by atoms with Gasteiger partial charge in [0, 0.05) is 18.2 Å². The summed E-state index contributed by atoms with van der Waals surface area (Å²) in [7, 11) is 1.40. The first kappa shape index (κ1) is 18.8. The van der Waals surface area contributed by atoms with Crippen molar-refractivity contribution < 1.29 is 19.2 Å². The average molecular weight is 385 g/mol. The minimum absolute atomic E-state index is 0.172. The minimum atomic E-state index is -0.888. The van der Waals surface area contributed by atoms with Crippen LogP contribution in [-0.2, 0) is 4.79 Å². The van der Waals surface area contributed by atoms with E-state index >= 15 is 0 Å². The number of methoxy groups -OCH3 is 1. The Hall–Kier alpha value is -2.51. The van der Waals surface area contributed by atoms with Gasteiger partial charge >= 0.3 is 0 Å². The molecule has 0 unspecified atom stereocenters. The molecule has 2 rings (SSSR count). The average Bonchev–Trinajstić information content (AvgIpc) is 2.57. The van der Waals surface area contributed by atoms with Gasteiger partial charge < -0.3 is 14.8 Å². The highest BCUT2D eigenvalue weighted by molar-refractivity contribution is 6.42. The van der Waals surface area contributed by atoms with Gasteiger partial charge in [0.1, 0.15) is 11.5 Å². The summed E-state index contributed by atoms with van der Waals surface area (Å²) in [4.78, 5) is 22.6. The highest BCUT2D eigenvalue weighted by Crippen LogP contribution is 2.30. The molecule has 0 saturated carbocycles. The molecule has 1 amide bonds. The Morgan fingerprint density at radius 2 is 1.92 bits per heavy atom. The quantitative estimate of drug-likeness (QED) is 0.591. The standard InChI is InChI=1S/C16H14Cl2N2O5/c1-9(25-11-4-5-12(17)13(18)8-11)16(21)19-14-7-10(20(22)23)3-6-15(14)24-2/h3-9H,1-2H3,(H,19,21)/t9-/m1/s1. The van der Waals surface area contributed by atoms with Gasteiger partial charge in [-0.15, -0.1) is 0 Å².